The number of nitrogens with zero attached hydrogens (tertiary/aromatic N) is 1. The molecule has 0 saturated heterocycles. The van der Waals surface area contributed by atoms with Crippen molar-refractivity contribution in [3.05, 3.63) is 44.2 Å². The van der Waals surface area contributed by atoms with E-state index in [4.69, 9.17) is 4.74 Å². The molecular weight excluding hydrogens is 376 g/mol. The number of carbonyl (C=O) groups is 1. The van der Waals surface area contributed by atoms with Crippen LogP contribution in [0, 0.1) is 11.3 Å². The second kappa shape index (κ2) is 6.73. The van der Waals surface area contributed by atoms with Crippen LogP contribution >= 0.6 is 27.3 Å². The van der Waals surface area contributed by atoms with Gasteiger partial charge >= 0.3 is 0 Å². The highest BCUT2D eigenvalue weighted by Crippen LogP contribution is 2.38. The molecule has 1 aliphatic rings. The highest BCUT2D eigenvalue weighted by molar-refractivity contribution is 9.10. The number of thiophene rings is 1. The molecule has 1 aliphatic carbocycles. The maximum Gasteiger partial charge on any atom is 0.257 e. The fraction of sp³-hybridized carbons (Fsp3) is 0.294. The van der Waals surface area contributed by atoms with Gasteiger partial charge in [-0.15, -0.1) is 11.3 Å². The van der Waals surface area contributed by atoms with E-state index < -0.39 is 0 Å². The predicted molar refractivity (Wildman–Crippen MR) is 94.3 cm³/mol. The van der Waals surface area contributed by atoms with E-state index in [9.17, 15) is 10.1 Å². The predicted octanol–water partition coefficient (Wildman–Crippen LogP) is 4.52. The number of rotatable bonds is 3. The Morgan fingerprint density at radius 1 is 1.39 bits per heavy atom. The van der Waals surface area contributed by atoms with Gasteiger partial charge in [-0.3, -0.25) is 4.79 Å². The lowest BCUT2D eigenvalue weighted by atomic mass is 9.96. The van der Waals surface area contributed by atoms with Gasteiger partial charge in [-0.1, -0.05) is 0 Å². The molecule has 23 heavy (non-hydrogen) atoms. The molecule has 1 aromatic heterocycles. The van der Waals surface area contributed by atoms with Crippen LogP contribution in [-0.2, 0) is 12.8 Å². The van der Waals surface area contributed by atoms with Crippen molar-refractivity contribution in [2.45, 2.75) is 25.7 Å². The van der Waals surface area contributed by atoms with Crippen LogP contribution in [0.25, 0.3) is 0 Å². The molecule has 4 nitrogen and oxygen atoms in total. The molecule has 0 aliphatic heterocycles. The third-order valence-electron chi connectivity index (χ3n) is 3.93. The number of nitriles is 1. The average Bonchev–Trinajstić information content (AvgIpc) is 2.92. The molecule has 118 valence electrons. The summed E-state index contributed by atoms with van der Waals surface area (Å²) < 4.78 is 5.86. The normalized spacial score (nSPS) is 13.1. The first kappa shape index (κ1) is 16.0. The minimum Gasteiger partial charge on any atom is -0.497 e. The summed E-state index contributed by atoms with van der Waals surface area (Å²) in [5.41, 5.74) is 2.22. The third-order valence-corrected chi connectivity index (χ3v) is 5.83. The second-order valence-electron chi connectivity index (χ2n) is 5.33. The Labute approximate surface area is 147 Å². The summed E-state index contributed by atoms with van der Waals surface area (Å²) in [6.45, 7) is 0. The first-order valence-electron chi connectivity index (χ1n) is 7.33. The van der Waals surface area contributed by atoms with E-state index in [1.54, 1.807) is 25.3 Å². The lowest BCUT2D eigenvalue weighted by Gasteiger charge is -2.09. The van der Waals surface area contributed by atoms with Crippen molar-refractivity contribution >= 4 is 38.2 Å². The van der Waals surface area contributed by atoms with Gasteiger partial charge in [0.05, 0.1) is 18.2 Å². The SMILES string of the molecule is COc1ccc(Br)c(C(=O)Nc2sc3c(c2C#N)CCCC3)c1. The van der Waals surface area contributed by atoms with E-state index in [-0.39, 0.29) is 5.91 Å². The smallest absolute Gasteiger partial charge is 0.257 e. The van der Waals surface area contributed by atoms with Crippen molar-refractivity contribution in [1.82, 2.24) is 0 Å². The molecule has 3 rings (SSSR count). The van der Waals surface area contributed by atoms with Crippen LogP contribution in [0.15, 0.2) is 22.7 Å². The third kappa shape index (κ3) is 3.12. The maximum atomic E-state index is 12.6. The number of halogens is 1. The van der Waals surface area contributed by atoms with Crippen LogP contribution in [0.4, 0.5) is 5.00 Å². The average molecular weight is 391 g/mol. The molecule has 0 saturated carbocycles. The molecule has 1 aromatic carbocycles. The number of methoxy groups -OCH3 is 1. The maximum absolute atomic E-state index is 12.6. The Morgan fingerprint density at radius 3 is 2.91 bits per heavy atom. The highest BCUT2D eigenvalue weighted by Gasteiger charge is 2.22. The van der Waals surface area contributed by atoms with Gasteiger partial charge in [-0.05, 0) is 65.4 Å². The first-order chi connectivity index (χ1) is 11.1. The topological polar surface area (TPSA) is 62.1 Å². The first-order valence-corrected chi connectivity index (χ1v) is 8.94. The molecule has 2 aromatic rings. The van der Waals surface area contributed by atoms with E-state index >= 15 is 0 Å². The van der Waals surface area contributed by atoms with E-state index in [1.165, 1.54) is 16.2 Å². The summed E-state index contributed by atoms with van der Waals surface area (Å²) in [4.78, 5) is 13.8. The van der Waals surface area contributed by atoms with Gasteiger partial charge in [0.25, 0.3) is 5.91 Å². The van der Waals surface area contributed by atoms with Gasteiger partial charge in [-0.25, -0.2) is 0 Å². The molecule has 6 heteroatoms. The molecule has 0 fully saturated rings. The Bertz CT molecular complexity index is 808. The van der Waals surface area contributed by atoms with Crippen LogP contribution in [0.2, 0.25) is 0 Å². The summed E-state index contributed by atoms with van der Waals surface area (Å²) in [6.07, 6.45) is 4.17. The number of amides is 1. The largest absolute Gasteiger partial charge is 0.497 e. The number of carbonyl (C=O) groups excluding carboxylic acids is 1. The number of hydrogen-bond donors (Lipinski definition) is 1. The monoisotopic (exact) mass is 390 g/mol. The van der Waals surface area contributed by atoms with Crippen LogP contribution in [0.3, 0.4) is 0 Å². The van der Waals surface area contributed by atoms with Crippen LogP contribution < -0.4 is 10.1 Å². The molecular formula is C17H15BrN2O2S. The number of hydrogen-bond acceptors (Lipinski definition) is 4. The molecule has 0 unspecified atom stereocenters. The number of ether oxygens (including phenoxy) is 1. The minimum absolute atomic E-state index is 0.245. The summed E-state index contributed by atoms with van der Waals surface area (Å²) in [7, 11) is 1.56. The Kier molecular flexibility index (Phi) is 4.69. The number of fused-ring (bicyclic) bond motifs is 1. The van der Waals surface area contributed by atoms with Crippen molar-refractivity contribution < 1.29 is 9.53 Å². The quantitative estimate of drug-likeness (QED) is 0.837. The summed E-state index contributed by atoms with van der Waals surface area (Å²) >= 11 is 4.91. The fourth-order valence-electron chi connectivity index (χ4n) is 2.75. The molecule has 1 amide bonds. The van der Waals surface area contributed by atoms with Gasteiger partial charge in [0.1, 0.15) is 16.8 Å². The Balaban J connectivity index is 1.92. The Hall–Kier alpha value is -1.84. The zero-order chi connectivity index (χ0) is 16.4. The van der Waals surface area contributed by atoms with Crippen LogP contribution in [0.1, 0.15) is 39.2 Å². The summed E-state index contributed by atoms with van der Waals surface area (Å²) in [5.74, 6) is 0.371. The van der Waals surface area contributed by atoms with E-state index in [1.807, 2.05) is 0 Å². The van der Waals surface area contributed by atoms with E-state index in [2.05, 4.69) is 27.3 Å². The highest BCUT2D eigenvalue weighted by atomic mass is 79.9. The molecule has 1 heterocycles. The van der Waals surface area contributed by atoms with Gasteiger partial charge in [0.15, 0.2) is 0 Å². The van der Waals surface area contributed by atoms with Gasteiger partial charge < -0.3 is 10.1 Å². The van der Waals surface area contributed by atoms with E-state index in [0.29, 0.717) is 26.4 Å². The molecule has 0 spiro atoms. The fourth-order valence-corrected chi connectivity index (χ4v) is 4.41. The van der Waals surface area contributed by atoms with Crippen molar-refractivity contribution in [1.29, 1.82) is 5.26 Å². The van der Waals surface area contributed by atoms with Crippen molar-refractivity contribution in [2.24, 2.45) is 0 Å². The number of aryl methyl sites for hydroxylation is 1. The zero-order valence-electron chi connectivity index (χ0n) is 12.6. The van der Waals surface area contributed by atoms with Crippen molar-refractivity contribution in [3.8, 4) is 11.8 Å². The lowest BCUT2D eigenvalue weighted by Crippen LogP contribution is -2.12. The molecule has 1 N–H and O–H groups in total. The molecule has 0 atom stereocenters. The Morgan fingerprint density at radius 2 is 2.17 bits per heavy atom. The summed E-state index contributed by atoms with van der Waals surface area (Å²) in [6, 6.07) is 7.50. The van der Waals surface area contributed by atoms with Crippen molar-refractivity contribution in [2.75, 3.05) is 12.4 Å². The number of anilines is 1. The number of nitrogens with one attached hydrogen (secondary N) is 1. The van der Waals surface area contributed by atoms with Crippen LogP contribution in [0.5, 0.6) is 5.75 Å². The van der Waals surface area contributed by atoms with E-state index in [0.717, 1.165) is 31.2 Å². The zero-order valence-corrected chi connectivity index (χ0v) is 15.0. The van der Waals surface area contributed by atoms with Gasteiger partial charge in [0.2, 0.25) is 0 Å². The minimum atomic E-state index is -0.245. The standard InChI is InChI=1S/C17H15BrN2O2S/c1-22-10-6-7-14(18)12(8-10)16(21)20-17-13(9-19)11-4-2-3-5-15(11)23-17/h6-8H,2-5H2,1H3,(H,20,21). The summed E-state index contributed by atoms with van der Waals surface area (Å²) in [5, 5.41) is 13.0. The van der Waals surface area contributed by atoms with Crippen molar-refractivity contribution in [3.63, 3.8) is 0 Å². The molecule has 0 bridgehead atoms. The lowest BCUT2D eigenvalue weighted by molar-refractivity contribution is 0.102. The van der Waals surface area contributed by atoms with Gasteiger partial charge in [0, 0.05) is 9.35 Å². The second-order valence-corrected chi connectivity index (χ2v) is 7.29. The van der Waals surface area contributed by atoms with Gasteiger partial charge in [-0.2, -0.15) is 5.26 Å². The molecule has 0 radical (unpaired) electrons. The van der Waals surface area contributed by atoms with Crippen LogP contribution in [-0.4, -0.2) is 13.0 Å². The number of benzene rings is 1.